The molecule has 0 atom stereocenters. The number of benzene rings is 1. The Morgan fingerprint density at radius 2 is 1.69 bits per heavy atom. The van der Waals surface area contributed by atoms with Gasteiger partial charge < -0.3 is 5.73 Å². The molecule has 2 aromatic rings. The summed E-state index contributed by atoms with van der Waals surface area (Å²) < 4.78 is 0.767. The molecule has 0 saturated heterocycles. The molecule has 1 aromatic heterocycles. The third-order valence-electron chi connectivity index (χ3n) is 2.35. The number of nitrogens with two attached hydrogens (primary N) is 1. The minimum absolute atomic E-state index is 0.475. The number of hydrogen-bond donors (Lipinski definition) is 1. The summed E-state index contributed by atoms with van der Waals surface area (Å²) in [5.41, 5.74) is 8.83. The van der Waals surface area contributed by atoms with Crippen LogP contribution in [-0.2, 0) is 0 Å². The maximum atomic E-state index is 5.79. The molecule has 0 aliphatic rings. The Labute approximate surface area is 103 Å². The average Bonchev–Trinajstić information content (AvgIpc) is 2.26. The molecule has 4 heteroatoms. The summed E-state index contributed by atoms with van der Waals surface area (Å²) in [4.78, 5) is 8.65. The van der Waals surface area contributed by atoms with Crippen LogP contribution in [0, 0.1) is 13.8 Å². The first-order valence-corrected chi connectivity index (χ1v) is 5.74. The van der Waals surface area contributed by atoms with Crippen molar-refractivity contribution in [1.29, 1.82) is 0 Å². The van der Waals surface area contributed by atoms with E-state index in [-0.39, 0.29) is 0 Å². The van der Waals surface area contributed by atoms with Crippen LogP contribution in [0.15, 0.2) is 28.7 Å². The number of hydrogen-bond acceptors (Lipinski definition) is 3. The predicted molar refractivity (Wildman–Crippen MR) is 69.1 cm³/mol. The summed E-state index contributed by atoms with van der Waals surface area (Å²) in [5, 5.41) is 0. The number of nitrogens with zero attached hydrogens (tertiary/aromatic N) is 2. The maximum Gasteiger partial charge on any atom is 0.161 e. The largest absolute Gasteiger partial charge is 0.383 e. The first-order chi connectivity index (χ1) is 7.58. The Hall–Kier alpha value is -1.42. The van der Waals surface area contributed by atoms with Crippen LogP contribution in [0.25, 0.3) is 11.4 Å². The van der Waals surface area contributed by atoms with E-state index >= 15 is 0 Å². The SMILES string of the molecule is Cc1ccc(-c2nc(C)c(Br)c(N)n2)cc1. The van der Waals surface area contributed by atoms with Crippen molar-refractivity contribution < 1.29 is 0 Å². The molecule has 0 spiro atoms. The van der Waals surface area contributed by atoms with Crippen LogP contribution in [0.1, 0.15) is 11.3 Å². The van der Waals surface area contributed by atoms with Crippen molar-refractivity contribution in [2.24, 2.45) is 0 Å². The molecule has 3 nitrogen and oxygen atoms in total. The van der Waals surface area contributed by atoms with Gasteiger partial charge in [0, 0.05) is 5.56 Å². The van der Waals surface area contributed by atoms with Crippen LogP contribution >= 0.6 is 15.9 Å². The molecular weight excluding hydrogens is 266 g/mol. The van der Waals surface area contributed by atoms with E-state index in [1.165, 1.54) is 5.56 Å². The number of anilines is 1. The lowest BCUT2D eigenvalue weighted by Crippen LogP contribution is -1.99. The van der Waals surface area contributed by atoms with Gasteiger partial charge in [-0.3, -0.25) is 0 Å². The van der Waals surface area contributed by atoms with E-state index in [0.29, 0.717) is 11.6 Å². The van der Waals surface area contributed by atoms with Crippen molar-refractivity contribution in [3.63, 3.8) is 0 Å². The summed E-state index contributed by atoms with van der Waals surface area (Å²) in [6.07, 6.45) is 0. The molecule has 1 heterocycles. The Morgan fingerprint density at radius 3 is 2.25 bits per heavy atom. The summed E-state index contributed by atoms with van der Waals surface area (Å²) in [6.45, 7) is 3.95. The summed E-state index contributed by atoms with van der Waals surface area (Å²) in [6, 6.07) is 8.06. The lowest BCUT2D eigenvalue weighted by molar-refractivity contribution is 1.10. The second-order valence-corrected chi connectivity index (χ2v) is 4.49. The molecule has 0 bridgehead atoms. The molecule has 2 rings (SSSR count). The normalized spacial score (nSPS) is 10.4. The summed E-state index contributed by atoms with van der Waals surface area (Å²) >= 11 is 3.35. The zero-order chi connectivity index (χ0) is 11.7. The number of rotatable bonds is 1. The predicted octanol–water partition coefficient (Wildman–Crippen LogP) is 3.11. The first-order valence-electron chi connectivity index (χ1n) is 4.94. The van der Waals surface area contributed by atoms with E-state index < -0.39 is 0 Å². The van der Waals surface area contributed by atoms with Crippen LogP contribution in [0.2, 0.25) is 0 Å². The van der Waals surface area contributed by atoms with E-state index in [0.717, 1.165) is 15.7 Å². The van der Waals surface area contributed by atoms with Gasteiger partial charge in [-0.2, -0.15) is 0 Å². The van der Waals surface area contributed by atoms with Gasteiger partial charge in [0.15, 0.2) is 5.82 Å². The lowest BCUT2D eigenvalue weighted by Gasteiger charge is -2.06. The van der Waals surface area contributed by atoms with Gasteiger partial charge in [-0.1, -0.05) is 29.8 Å². The van der Waals surface area contributed by atoms with E-state index in [2.05, 4.69) is 25.9 Å². The van der Waals surface area contributed by atoms with Gasteiger partial charge in [0.2, 0.25) is 0 Å². The van der Waals surface area contributed by atoms with Gasteiger partial charge in [-0.05, 0) is 29.8 Å². The second kappa shape index (κ2) is 4.22. The van der Waals surface area contributed by atoms with E-state index in [9.17, 15) is 0 Å². The van der Waals surface area contributed by atoms with Crippen LogP contribution < -0.4 is 5.73 Å². The quantitative estimate of drug-likeness (QED) is 0.872. The molecule has 16 heavy (non-hydrogen) atoms. The van der Waals surface area contributed by atoms with Crippen LogP contribution in [0.4, 0.5) is 5.82 Å². The van der Waals surface area contributed by atoms with Gasteiger partial charge in [0.05, 0.1) is 10.2 Å². The summed E-state index contributed by atoms with van der Waals surface area (Å²) in [7, 11) is 0. The zero-order valence-electron chi connectivity index (χ0n) is 9.16. The topological polar surface area (TPSA) is 51.8 Å². The highest BCUT2D eigenvalue weighted by Crippen LogP contribution is 2.24. The fraction of sp³-hybridized carbons (Fsp3) is 0.167. The van der Waals surface area contributed by atoms with E-state index in [4.69, 9.17) is 5.73 Å². The van der Waals surface area contributed by atoms with Crippen LogP contribution in [0.3, 0.4) is 0 Å². The standard InChI is InChI=1S/C12H12BrN3/c1-7-3-5-9(6-4-7)12-15-8(2)10(13)11(14)16-12/h3-6H,1-2H3,(H2,14,15,16). The third kappa shape index (κ3) is 2.07. The third-order valence-corrected chi connectivity index (χ3v) is 3.33. The summed E-state index contributed by atoms with van der Waals surface area (Å²) in [5.74, 6) is 1.14. The van der Waals surface area contributed by atoms with Crippen molar-refractivity contribution in [3.05, 3.63) is 40.0 Å². The Balaban J connectivity index is 2.52. The molecule has 0 unspecified atom stereocenters. The fourth-order valence-corrected chi connectivity index (χ4v) is 1.59. The molecular formula is C12H12BrN3. The molecule has 0 radical (unpaired) electrons. The number of halogens is 1. The highest BCUT2D eigenvalue weighted by Gasteiger charge is 2.07. The van der Waals surface area contributed by atoms with Crippen molar-refractivity contribution in [2.75, 3.05) is 5.73 Å². The van der Waals surface area contributed by atoms with Gasteiger partial charge in [0.25, 0.3) is 0 Å². The first kappa shape index (κ1) is 11.1. The number of aryl methyl sites for hydroxylation is 2. The number of aromatic nitrogens is 2. The van der Waals surface area contributed by atoms with Crippen molar-refractivity contribution >= 4 is 21.7 Å². The van der Waals surface area contributed by atoms with Gasteiger partial charge in [-0.25, -0.2) is 9.97 Å². The van der Waals surface area contributed by atoms with Crippen LogP contribution in [0.5, 0.6) is 0 Å². The lowest BCUT2D eigenvalue weighted by atomic mass is 10.1. The highest BCUT2D eigenvalue weighted by molar-refractivity contribution is 9.10. The fourth-order valence-electron chi connectivity index (χ4n) is 1.41. The van der Waals surface area contributed by atoms with Crippen molar-refractivity contribution in [3.8, 4) is 11.4 Å². The molecule has 82 valence electrons. The zero-order valence-corrected chi connectivity index (χ0v) is 10.7. The Bertz CT molecular complexity index is 497. The Morgan fingerprint density at radius 1 is 1.06 bits per heavy atom. The minimum atomic E-state index is 0.475. The molecule has 0 saturated carbocycles. The molecule has 0 amide bonds. The molecule has 0 fully saturated rings. The van der Waals surface area contributed by atoms with Crippen molar-refractivity contribution in [2.45, 2.75) is 13.8 Å². The second-order valence-electron chi connectivity index (χ2n) is 3.70. The molecule has 1 aromatic carbocycles. The van der Waals surface area contributed by atoms with Gasteiger partial charge >= 0.3 is 0 Å². The molecule has 2 N–H and O–H groups in total. The van der Waals surface area contributed by atoms with E-state index in [1.54, 1.807) is 0 Å². The smallest absolute Gasteiger partial charge is 0.161 e. The van der Waals surface area contributed by atoms with Crippen LogP contribution in [-0.4, -0.2) is 9.97 Å². The molecule has 0 aliphatic carbocycles. The maximum absolute atomic E-state index is 5.79. The van der Waals surface area contributed by atoms with Gasteiger partial charge in [0.1, 0.15) is 5.82 Å². The molecule has 0 aliphatic heterocycles. The van der Waals surface area contributed by atoms with Gasteiger partial charge in [-0.15, -0.1) is 0 Å². The van der Waals surface area contributed by atoms with Crippen molar-refractivity contribution in [1.82, 2.24) is 9.97 Å². The minimum Gasteiger partial charge on any atom is -0.383 e. The average molecular weight is 278 g/mol. The van der Waals surface area contributed by atoms with E-state index in [1.807, 2.05) is 38.1 Å². The highest BCUT2D eigenvalue weighted by atomic mass is 79.9. The Kier molecular flexibility index (Phi) is 2.92. The monoisotopic (exact) mass is 277 g/mol. The number of nitrogen functional groups attached to an aromatic ring is 1.